The van der Waals surface area contributed by atoms with Gasteiger partial charge in [0.25, 0.3) is 0 Å². The maximum Gasteiger partial charge on any atom is 0.321 e. The average Bonchev–Trinajstić information content (AvgIpc) is 2.88. The Labute approximate surface area is 115 Å². The number of sulfonamides is 1. The fourth-order valence-electron chi connectivity index (χ4n) is 1.49. The number of amides is 2. The molecule has 2 amide bonds. The highest BCUT2D eigenvalue weighted by Crippen LogP contribution is 2.09. The van der Waals surface area contributed by atoms with Crippen LogP contribution >= 0.6 is 0 Å². The van der Waals surface area contributed by atoms with Gasteiger partial charge in [-0.2, -0.15) is 0 Å². The molecule has 0 aliphatic carbocycles. The first-order valence-electron chi connectivity index (χ1n) is 5.65. The summed E-state index contributed by atoms with van der Waals surface area (Å²) < 4.78 is 27.1. The van der Waals surface area contributed by atoms with Crippen molar-refractivity contribution in [2.75, 3.05) is 5.32 Å². The lowest BCUT2D eigenvalue weighted by molar-refractivity contribution is 0.251. The number of rotatable bonds is 4. The number of hydrogen-bond acceptors (Lipinski definition) is 4. The van der Waals surface area contributed by atoms with Crippen molar-refractivity contribution in [2.24, 2.45) is 5.14 Å². The van der Waals surface area contributed by atoms with Gasteiger partial charge in [-0.25, -0.2) is 18.4 Å². The van der Waals surface area contributed by atoms with E-state index in [1.807, 2.05) is 0 Å². The predicted molar refractivity (Wildman–Crippen MR) is 72.4 cm³/mol. The van der Waals surface area contributed by atoms with Crippen molar-refractivity contribution in [1.82, 2.24) is 5.32 Å². The van der Waals surface area contributed by atoms with Crippen LogP contribution in [0.15, 0.2) is 52.0 Å². The Morgan fingerprint density at radius 3 is 2.45 bits per heavy atom. The molecule has 0 aliphatic rings. The summed E-state index contributed by atoms with van der Waals surface area (Å²) in [6.45, 7) is 0.247. The van der Waals surface area contributed by atoms with Crippen molar-refractivity contribution < 1.29 is 17.6 Å². The van der Waals surface area contributed by atoms with Crippen LogP contribution in [0.5, 0.6) is 0 Å². The molecule has 0 atom stereocenters. The average molecular weight is 295 g/mol. The van der Waals surface area contributed by atoms with E-state index in [2.05, 4.69) is 10.6 Å². The fraction of sp³-hybridized carbons (Fsp3) is 0.0833. The molecule has 0 aliphatic heterocycles. The van der Waals surface area contributed by atoms with E-state index in [9.17, 15) is 13.2 Å². The van der Waals surface area contributed by atoms with E-state index in [0.717, 1.165) is 5.56 Å². The summed E-state index contributed by atoms with van der Waals surface area (Å²) in [6.07, 6.45) is 1.45. The standard InChI is InChI=1S/C12H13N3O4S/c13-20(17,18)10-5-3-9(4-6-10)8-14-12(16)15-11-2-1-7-19-11/h1-7H,8H2,(H2,13,17,18)(H2,14,15,16). The van der Waals surface area contributed by atoms with Crippen LogP contribution in [0.1, 0.15) is 5.56 Å². The third-order valence-electron chi connectivity index (χ3n) is 2.46. The molecule has 1 aromatic heterocycles. The molecule has 8 heteroatoms. The summed E-state index contributed by atoms with van der Waals surface area (Å²) in [5, 5.41) is 10.1. The van der Waals surface area contributed by atoms with Crippen LogP contribution in [-0.4, -0.2) is 14.4 Å². The lowest BCUT2D eigenvalue weighted by atomic mass is 10.2. The van der Waals surface area contributed by atoms with Gasteiger partial charge in [-0.3, -0.25) is 5.32 Å². The Kier molecular flexibility index (Phi) is 4.06. The van der Waals surface area contributed by atoms with E-state index in [0.29, 0.717) is 5.88 Å². The van der Waals surface area contributed by atoms with Gasteiger partial charge in [-0.15, -0.1) is 0 Å². The Morgan fingerprint density at radius 1 is 1.20 bits per heavy atom. The van der Waals surface area contributed by atoms with E-state index >= 15 is 0 Å². The van der Waals surface area contributed by atoms with Crippen molar-refractivity contribution in [3.63, 3.8) is 0 Å². The van der Waals surface area contributed by atoms with Gasteiger partial charge in [-0.1, -0.05) is 12.1 Å². The van der Waals surface area contributed by atoms with E-state index in [1.54, 1.807) is 24.3 Å². The molecule has 4 N–H and O–H groups in total. The highest BCUT2D eigenvalue weighted by molar-refractivity contribution is 7.89. The second-order valence-electron chi connectivity index (χ2n) is 3.97. The van der Waals surface area contributed by atoms with Crippen LogP contribution in [0.3, 0.4) is 0 Å². The van der Waals surface area contributed by atoms with Gasteiger partial charge in [0.1, 0.15) is 0 Å². The van der Waals surface area contributed by atoms with Crippen LogP contribution in [-0.2, 0) is 16.6 Å². The maximum absolute atomic E-state index is 11.5. The zero-order valence-corrected chi connectivity index (χ0v) is 11.2. The third-order valence-corrected chi connectivity index (χ3v) is 3.39. The molecular formula is C12H13N3O4S. The lowest BCUT2D eigenvalue weighted by Gasteiger charge is -2.06. The summed E-state index contributed by atoms with van der Waals surface area (Å²) in [5.41, 5.74) is 0.743. The Hall–Kier alpha value is -2.32. The minimum absolute atomic E-state index is 0.0290. The number of carbonyl (C=O) groups excluding carboxylic acids is 1. The first kappa shape index (κ1) is 14.1. The minimum atomic E-state index is -3.70. The van der Waals surface area contributed by atoms with E-state index in [4.69, 9.17) is 9.56 Å². The number of benzene rings is 1. The maximum atomic E-state index is 11.5. The smallest absolute Gasteiger partial charge is 0.321 e. The first-order chi connectivity index (χ1) is 9.45. The minimum Gasteiger partial charge on any atom is -0.449 e. The topological polar surface area (TPSA) is 114 Å². The quantitative estimate of drug-likeness (QED) is 0.787. The van der Waals surface area contributed by atoms with Crippen molar-refractivity contribution >= 4 is 21.9 Å². The van der Waals surface area contributed by atoms with Crippen molar-refractivity contribution in [2.45, 2.75) is 11.4 Å². The van der Waals surface area contributed by atoms with Gasteiger partial charge in [0.05, 0.1) is 11.2 Å². The molecule has 2 aromatic rings. The molecule has 20 heavy (non-hydrogen) atoms. The molecule has 0 bridgehead atoms. The molecule has 7 nitrogen and oxygen atoms in total. The lowest BCUT2D eigenvalue weighted by Crippen LogP contribution is -2.27. The number of hydrogen-bond donors (Lipinski definition) is 3. The highest BCUT2D eigenvalue weighted by atomic mass is 32.2. The SMILES string of the molecule is NS(=O)(=O)c1ccc(CNC(=O)Nc2ccco2)cc1. The van der Waals surface area contributed by atoms with E-state index < -0.39 is 16.1 Å². The molecule has 0 saturated carbocycles. The molecule has 0 spiro atoms. The molecule has 2 rings (SSSR count). The van der Waals surface area contributed by atoms with Gasteiger partial charge in [0.2, 0.25) is 15.9 Å². The summed E-state index contributed by atoms with van der Waals surface area (Å²) in [6, 6.07) is 8.77. The van der Waals surface area contributed by atoms with Crippen molar-refractivity contribution in [3.05, 3.63) is 48.2 Å². The number of nitrogens with two attached hydrogens (primary N) is 1. The largest absolute Gasteiger partial charge is 0.449 e. The predicted octanol–water partition coefficient (Wildman–Crippen LogP) is 1.25. The van der Waals surface area contributed by atoms with Crippen LogP contribution in [0, 0.1) is 0 Å². The molecule has 0 unspecified atom stereocenters. The summed E-state index contributed by atoms with van der Waals surface area (Å²) in [4.78, 5) is 11.5. The second kappa shape index (κ2) is 5.76. The normalized spacial score (nSPS) is 11.1. The monoisotopic (exact) mass is 295 g/mol. The molecule has 1 heterocycles. The number of nitrogens with one attached hydrogen (secondary N) is 2. The third kappa shape index (κ3) is 3.84. The number of primary sulfonamides is 1. The second-order valence-corrected chi connectivity index (χ2v) is 5.54. The van der Waals surface area contributed by atoms with Gasteiger partial charge >= 0.3 is 6.03 Å². The Balaban J connectivity index is 1.89. The molecule has 106 valence electrons. The molecule has 0 fully saturated rings. The summed E-state index contributed by atoms with van der Waals surface area (Å²) >= 11 is 0. The summed E-state index contributed by atoms with van der Waals surface area (Å²) in [5.74, 6) is 0.340. The van der Waals surface area contributed by atoms with Crippen molar-refractivity contribution in [3.8, 4) is 0 Å². The van der Waals surface area contributed by atoms with E-state index in [1.165, 1.54) is 18.4 Å². The fourth-order valence-corrected chi connectivity index (χ4v) is 2.00. The van der Waals surface area contributed by atoms with Gasteiger partial charge in [0.15, 0.2) is 0 Å². The highest BCUT2D eigenvalue weighted by Gasteiger charge is 2.07. The molecule has 0 radical (unpaired) electrons. The first-order valence-corrected chi connectivity index (χ1v) is 7.20. The summed E-state index contributed by atoms with van der Waals surface area (Å²) in [7, 11) is -3.70. The van der Waals surface area contributed by atoms with Crippen LogP contribution < -0.4 is 15.8 Å². The zero-order valence-electron chi connectivity index (χ0n) is 10.4. The van der Waals surface area contributed by atoms with Crippen LogP contribution in [0.2, 0.25) is 0 Å². The molecule has 0 saturated heterocycles. The Bertz CT molecular complexity index is 678. The number of furan rings is 1. The van der Waals surface area contributed by atoms with E-state index in [-0.39, 0.29) is 11.4 Å². The van der Waals surface area contributed by atoms with Gasteiger partial charge in [-0.05, 0) is 23.8 Å². The number of carbonyl (C=O) groups is 1. The number of anilines is 1. The molecule has 1 aromatic carbocycles. The number of urea groups is 1. The van der Waals surface area contributed by atoms with Crippen LogP contribution in [0.4, 0.5) is 10.7 Å². The van der Waals surface area contributed by atoms with Crippen molar-refractivity contribution in [1.29, 1.82) is 0 Å². The van der Waals surface area contributed by atoms with Gasteiger partial charge in [0, 0.05) is 12.6 Å². The zero-order chi connectivity index (χ0) is 14.6. The van der Waals surface area contributed by atoms with Gasteiger partial charge < -0.3 is 9.73 Å². The molecular weight excluding hydrogens is 282 g/mol. The van der Waals surface area contributed by atoms with Crippen LogP contribution in [0.25, 0.3) is 0 Å². The Morgan fingerprint density at radius 2 is 1.90 bits per heavy atom.